The molecule has 0 atom stereocenters. The van der Waals surface area contributed by atoms with Gasteiger partial charge in [0.15, 0.2) is 0 Å². The molecule has 0 amide bonds. The smallest absolute Gasteiger partial charge is 0.229 e. The Balaban J connectivity index is 2.02. The van der Waals surface area contributed by atoms with Crippen molar-refractivity contribution in [1.29, 1.82) is 0 Å². The number of hydrogen-bond acceptors (Lipinski definition) is 1. The zero-order chi connectivity index (χ0) is 13.5. The van der Waals surface area contributed by atoms with Crippen LogP contribution in [0.2, 0.25) is 0 Å². The second-order valence-electron chi connectivity index (χ2n) is 4.22. The predicted octanol–water partition coefficient (Wildman–Crippen LogP) is 3.63. The van der Waals surface area contributed by atoms with Gasteiger partial charge in [-0.2, -0.15) is 0 Å². The van der Waals surface area contributed by atoms with E-state index >= 15 is 0 Å². The van der Waals surface area contributed by atoms with Crippen molar-refractivity contribution in [2.45, 2.75) is 6.92 Å². The van der Waals surface area contributed by atoms with E-state index in [0.29, 0.717) is 0 Å². The summed E-state index contributed by atoms with van der Waals surface area (Å²) in [7, 11) is 0. The average Bonchev–Trinajstić information content (AvgIpc) is 2.45. The minimum atomic E-state index is -0.190. The average molecular weight is 246 g/mol. The lowest BCUT2D eigenvalue weighted by molar-refractivity contribution is -0.109. The van der Waals surface area contributed by atoms with Crippen molar-refractivity contribution < 1.29 is 4.79 Å². The van der Waals surface area contributed by atoms with Crippen molar-refractivity contribution >= 4 is 11.9 Å². The summed E-state index contributed by atoms with van der Waals surface area (Å²) in [6, 6.07) is 17.5. The molecular formula is C18H14O. The highest BCUT2D eigenvalue weighted by Gasteiger charge is 1.90. The van der Waals surface area contributed by atoms with Crippen LogP contribution in [-0.2, 0) is 4.79 Å². The Hall–Kier alpha value is -2.59. The first-order valence-corrected chi connectivity index (χ1v) is 6.10. The van der Waals surface area contributed by atoms with Crippen molar-refractivity contribution in [3.8, 4) is 11.8 Å². The third-order valence-corrected chi connectivity index (χ3v) is 2.61. The fourth-order valence-electron chi connectivity index (χ4n) is 1.55. The van der Waals surface area contributed by atoms with Gasteiger partial charge in [0.05, 0.1) is 0 Å². The number of carbonyl (C=O) groups is 1. The Labute approximate surface area is 113 Å². The minimum Gasteiger partial charge on any atom is -0.280 e. The van der Waals surface area contributed by atoms with Gasteiger partial charge in [0, 0.05) is 5.56 Å². The molecule has 0 N–H and O–H groups in total. The van der Waals surface area contributed by atoms with E-state index in [1.807, 2.05) is 61.5 Å². The van der Waals surface area contributed by atoms with Gasteiger partial charge in [0.25, 0.3) is 0 Å². The summed E-state index contributed by atoms with van der Waals surface area (Å²) in [5.74, 6) is 5.25. The van der Waals surface area contributed by atoms with Crippen molar-refractivity contribution in [2.24, 2.45) is 0 Å². The molecule has 2 aromatic rings. The third-order valence-electron chi connectivity index (χ3n) is 2.61. The maximum absolute atomic E-state index is 11.6. The molecule has 0 saturated carbocycles. The van der Waals surface area contributed by atoms with Gasteiger partial charge in [0.1, 0.15) is 0 Å². The predicted molar refractivity (Wildman–Crippen MR) is 78.5 cm³/mol. The molecule has 0 aliphatic heterocycles. The number of carbonyl (C=O) groups excluding carboxylic acids is 1. The minimum absolute atomic E-state index is 0.190. The Bertz CT molecular complexity index is 638. The van der Waals surface area contributed by atoms with Crippen LogP contribution in [0.15, 0.2) is 60.7 Å². The maximum atomic E-state index is 11.6. The fraction of sp³-hybridized carbons (Fsp3) is 0.0556. The van der Waals surface area contributed by atoms with Gasteiger partial charge in [-0.1, -0.05) is 60.0 Å². The lowest BCUT2D eigenvalue weighted by atomic mass is 10.1. The van der Waals surface area contributed by atoms with E-state index in [0.717, 1.165) is 11.1 Å². The molecule has 0 aliphatic rings. The molecule has 2 aromatic carbocycles. The van der Waals surface area contributed by atoms with E-state index in [2.05, 4.69) is 11.8 Å². The Morgan fingerprint density at radius 1 is 1.00 bits per heavy atom. The second-order valence-corrected chi connectivity index (χ2v) is 4.22. The molecule has 0 saturated heterocycles. The molecule has 0 aliphatic carbocycles. The molecule has 0 heterocycles. The Kier molecular flexibility index (Phi) is 4.31. The molecule has 0 bridgehead atoms. The summed E-state index contributed by atoms with van der Waals surface area (Å²) >= 11 is 0. The lowest BCUT2D eigenvalue weighted by Crippen LogP contribution is -1.86. The number of allylic oxidation sites excluding steroid dienone is 1. The van der Waals surface area contributed by atoms with Gasteiger partial charge in [-0.05, 0) is 36.6 Å². The van der Waals surface area contributed by atoms with E-state index in [1.165, 1.54) is 11.6 Å². The van der Waals surface area contributed by atoms with Gasteiger partial charge < -0.3 is 0 Å². The van der Waals surface area contributed by atoms with Gasteiger partial charge in [-0.15, -0.1) is 0 Å². The van der Waals surface area contributed by atoms with Crippen molar-refractivity contribution in [1.82, 2.24) is 0 Å². The zero-order valence-corrected chi connectivity index (χ0v) is 10.8. The van der Waals surface area contributed by atoms with E-state index in [1.54, 1.807) is 6.08 Å². The number of ketones is 1. The molecule has 0 aromatic heterocycles. The Morgan fingerprint density at radius 3 is 2.37 bits per heavy atom. The number of aryl methyl sites for hydroxylation is 1. The van der Waals surface area contributed by atoms with Gasteiger partial charge in [-0.25, -0.2) is 0 Å². The highest BCUT2D eigenvalue weighted by molar-refractivity contribution is 6.06. The van der Waals surface area contributed by atoms with Crippen LogP contribution in [0.25, 0.3) is 6.08 Å². The molecule has 92 valence electrons. The van der Waals surface area contributed by atoms with Crippen molar-refractivity contribution in [2.75, 3.05) is 0 Å². The van der Waals surface area contributed by atoms with E-state index < -0.39 is 0 Å². The van der Waals surface area contributed by atoms with Crippen LogP contribution in [0.1, 0.15) is 16.7 Å². The summed E-state index contributed by atoms with van der Waals surface area (Å²) in [4.78, 5) is 11.6. The summed E-state index contributed by atoms with van der Waals surface area (Å²) in [5.41, 5.74) is 3.05. The molecule has 1 heteroatoms. The molecular weight excluding hydrogens is 232 g/mol. The number of benzene rings is 2. The second kappa shape index (κ2) is 6.37. The summed E-state index contributed by atoms with van der Waals surface area (Å²) < 4.78 is 0. The molecule has 19 heavy (non-hydrogen) atoms. The van der Waals surface area contributed by atoms with Crippen molar-refractivity contribution in [3.05, 3.63) is 77.4 Å². The quantitative estimate of drug-likeness (QED) is 0.584. The van der Waals surface area contributed by atoms with E-state index in [4.69, 9.17) is 0 Å². The van der Waals surface area contributed by atoms with Gasteiger partial charge >= 0.3 is 0 Å². The Morgan fingerprint density at radius 2 is 1.68 bits per heavy atom. The monoisotopic (exact) mass is 246 g/mol. The topological polar surface area (TPSA) is 17.1 Å². The van der Waals surface area contributed by atoms with E-state index in [9.17, 15) is 4.79 Å². The number of hydrogen-bond donors (Lipinski definition) is 0. The van der Waals surface area contributed by atoms with Gasteiger partial charge in [0.2, 0.25) is 5.78 Å². The first kappa shape index (κ1) is 12.9. The van der Waals surface area contributed by atoms with Crippen LogP contribution in [0.5, 0.6) is 0 Å². The van der Waals surface area contributed by atoms with Crippen LogP contribution < -0.4 is 0 Å². The first-order chi connectivity index (χ1) is 9.24. The van der Waals surface area contributed by atoms with Crippen LogP contribution in [-0.4, -0.2) is 5.78 Å². The van der Waals surface area contributed by atoms with Crippen LogP contribution in [0.3, 0.4) is 0 Å². The summed E-state index contributed by atoms with van der Waals surface area (Å²) in [6.07, 6.45) is 3.28. The normalized spacial score (nSPS) is 9.95. The molecule has 1 nitrogen and oxygen atoms in total. The molecule has 2 rings (SSSR count). The highest BCUT2D eigenvalue weighted by atomic mass is 16.1. The SMILES string of the molecule is Cc1ccc(C=CC(=O)C#Cc2ccccc2)cc1. The lowest BCUT2D eigenvalue weighted by Gasteiger charge is -1.93. The zero-order valence-electron chi connectivity index (χ0n) is 10.8. The van der Waals surface area contributed by atoms with E-state index in [-0.39, 0.29) is 5.78 Å². The van der Waals surface area contributed by atoms with Crippen LogP contribution in [0, 0.1) is 18.8 Å². The molecule has 0 radical (unpaired) electrons. The first-order valence-electron chi connectivity index (χ1n) is 6.10. The van der Waals surface area contributed by atoms with Gasteiger partial charge in [-0.3, -0.25) is 4.79 Å². The van der Waals surface area contributed by atoms with Crippen LogP contribution in [0.4, 0.5) is 0 Å². The summed E-state index contributed by atoms with van der Waals surface area (Å²) in [6.45, 7) is 2.03. The molecule has 0 spiro atoms. The highest BCUT2D eigenvalue weighted by Crippen LogP contribution is 2.04. The van der Waals surface area contributed by atoms with Crippen LogP contribution >= 0.6 is 0 Å². The van der Waals surface area contributed by atoms with Crippen molar-refractivity contribution in [3.63, 3.8) is 0 Å². The fourth-order valence-corrected chi connectivity index (χ4v) is 1.55. The molecule has 0 unspecified atom stereocenters. The number of rotatable bonds is 2. The maximum Gasteiger partial charge on any atom is 0.229 e. The third kappa shape index (κ3) is 4.29. The largest absolute Gasteiger partial charge is 0.280 e. The standard InChI is InChI=1S/C18H14O/c1-15-7-9-17(10-8-15)12-14-18(19)13-11-16-5-3-2-4-6-16/h2-10,12,14H,1H3. The molecule has 0 fully saturated rings. The summed E-state index contributed by atoms with van der Waals surface area (Å²) in [5, 5.41) is 0.